The zero-order chi connectivity index (χ0) is 14.5. The molecule has 1 aliphatic carbocycles. The minimum absolute atomic E-state index is 0.181. The van der Waals surface area contributed by atoms with Crippen molar-refractivity contribution < 1.29 is 9.90 Å². The van der Waals surface area contributed by atoms with Crippen molar-refractivity contribution in [2.45, 2.75) is 52.0 Å². The number of hydrogen-bond donors (Lipinski definition) is 2. The van der Waals surface area contributed by atoms with Crippen LogP contribution in [-0.4, -0.2) is 48.2 Å². The van der Waals surface area contributed by atoms with Crippen LogP contribution in [0.3, 0.4) is 0 Å². The number of likely N-dealkylation sites (tertiary alicyclic amines) is 1. The van der Waals surface area contributed by atoms with Crippen LogP contribution in [0.5, 0.6) is 0 Å². The highest BCUT2D eigenvalue weighted by atomic mass is 16.3. The summed E-state index contributed by atoms with van der Waals surface area (Å²) in [6.07, 6.45) is 5.64. The van der Waals surface area contributed by atoms with Crippen molar-refractivity contribution in [1.82, 2.24) is 10.2 Å². The van der Waals surface area contributed by atoms with Gasteiger partial charge in [0.1, 0.15) is 0 Å². The van der Waals surface area contributed by atoms with E-state index >= 15 is 0 Å². The molecule has 2 rings (SSSR count). The van der Waals surface area contributed by atoms with Gasteiger partial charge in [0.2, 0.25) is 5.91 Å². The van der Waals surface area contributed by atoms with Crippen LogP contribution in [0.25, 0.3) is 0 Å². The van der Waals surface area contributed by atoms with Crippen molar-refractivity contribution in [3.8, 4) is 0 Å². The van der Waals surface area contributed by atoms with E-state index in [1.54, 1.807) is 0 Å². The smallest absolute Gasteiger partial charge is 0.234 e. The summed E-state index contributed by atoms with van der Waals surface area (Å²) in [6, 6.07) is 0.363. The number of nitrogens with one attached hydrogen (secondary N) is 1. The fraction of sp³-hybridized carbons (Fsp3) is 0.938. The maximum Gasteiger partial charge on any atom is 0.234 e. The first-order valence-corrected chi connectivity index (χ1v) is 8.22. The highest BCUT2D eigenvalue weighted by Gasteiger charge is 2.29. The monoisotopic (exact) mass is 282 g/mol. The molecule has 0 radical (unpaired) electrons. The van der Waals surface area contributed by atoms with Crippen molar-refractivity contribution in [3.63, 3.8) is 0 Å². The quantitative estimate of drug-likeness (QED) is 0.806. The molecule has 0 aromatic carbocycles. The van der Waals surface area contributed by atoms with Crippen LogP contribution < -0.4 is 5.32 Å². The number of rotatable bonds is 5. The van der Waals surface area contributed by atoms with Crippen LogP contribution in [-0.2, 0) is 4.79 Å². The largest absolute Gasteiger partial charge is 0.396 e. The van der Waals surface area contributed by atoms with E-state index in [0.717, 1.165) is 38.3 Å². The Morgan fingerprint density at radius 3 is 2.85 bits per heavy atom. The second-order valence-corrected chi connectivity index (χ2v) is 6.84. The average molecular weight is 282 g/mol. The zero-order valence-corrected chi connectivity index (χ0v) is 13.0. The summed E-state index contributed by atoms with van der Waals surface area (Å²) in [5.74, 6) is 2.06. The maximum absolute atomic E-state index is 12.2. The lowest BCUT2D eigenvalue weighted by Gasteiger charge is -2.35. The van der Waals surface area contributed by atoms with Gasteiger partial charge in [-0.05, 0) is 43.6 Å². The van der Waals surface area contributed by atoms with Crippen molar-refractivity contribution in [2.24, 2.45) is 17.8 Å². The first kappa shape index (κ1) is 15.8. The molecule has 0 aromatic rings. The third-order valence-electron chi connectivity index (χ3n) is 5.33. The van der Waals surface area contributed by atoms with Crippen LogP contribution in [0.1, 0.15) is 46.0 Å². The molecule has 1 saturated heterocycles. The Morgan fingerprint density at radius 1 is 1.30 bits per heavy atom. The van der Waals surface area contributed by atoms with E-state index in [1.165, 1.54) is 12.8 Å². The van der Waals surface area contributed by atoms with Crippen LogP contribution >= 0.6 is 0 Å². The minimum Gasteiger partial charge on any atom is -0.396 e. The first-order chi connectivity index (χ1) is 9.60. The van der Waals surface area contributed by atoms with Crippen LogP contribution in [0.2, 0.25) is 0 Å². The van der Waals surface area contributed by atoms with Gasteiger partial charge < -0.3 is 10.4 Å². The molecule has 4 heteroatoms. The van der Waals surface area contributed by atoms with Crippen molar-refractivity contribution in [3.05, 3.63) is 0 Å². The van der Waals surface area contributed by atoms with E-state index in [1.807, 2.05) is 0 Å². The average Bonchev–Trinajstić information content (AvgIpc) is 2.83. The second-order valence-electron chi connectivity index (χ2n) is 6.84. The van der Waals surface area contributed by atoms with Crippen molar-refractivity contribution in [2.75, 3.05) is 26.2 Å². The van der Waals surface area contributed by atoms with Crippen molar-refractivity contribution in [1.29, 1.82) is 0 Å². The van der Waals surface area contributed by atoms with Gasteiger partial charge in [0.05, 0.1) is 6.54 Å². The number of aliphatic hydroxyl groups excluding tert-OH is 1. The second kappa shape index (κ2) is 7.41. The molecular weight excluding hydrogens is 252 g/mol. The lowest BCUT2D eigenvalue weighted by molar-refractivity contribution is -0.123. The lowest BCUT2D eigenvalue weighted by Crippen LogP contribution is -2.47. The van der Waals surface area contributed by atoms with Gasteiger partial charge in [0.25, 0.3) is 0 Å². The van der Waals surface area contributed by atoms with Crippen molar-refractivity contribution >= 4 is 5.91 Å². The molecule has 0 aromatic heterocycles. The highest BCUT2D eigenvalue weighted by molar-refractivity contribution is 5.78. The standard InChI is InChI=1S/C16H30N2O2/c1-12-4-3-5-15(13(12)2)17-16(20)11-18-8-6-14(10-18)7-9-19/h12-15,19H,3-11H2,1-2H3,(H,17,20). The molecule has 4 atom stereocenters. The number of carbonyl (C=O) groups excluding carboxylic acids is 1. The van der Waals surface area contributed by atoms with Gasteiger partial charge in [-0.1, -0.05) is 26.7 Å². The Balaban J connectivity index is 1.73. The van der Waals surface area contributed by atoms with E-state index in [-0.39, 0.29) is 12.5 Å². The summed E-state index contributed by atoms with van der Waals surface area (Å²) in [7, 11) is 0. The molecule has 4 nitrogen and oxygen atoms in total. The molecule has 0 bridgehead atoms. The molecule has 1 saturated carbocycles. The number of aliphatic hydroxyl groups is 1. The van der Waals surface area contributed by atoms with Gasteiger partial charge >= 0.3 is 0 Å². The molecule has 1 aliphatic heterocycles. The molecule has 20 heavy (non-hydrogen) atoms. The Bertz CT molecular complexity index is 322. The van der Waals surface area contributed by atoms with E-state index in [4.69, 9.17) is 5.11 Å². The Kier molecular flexibility index (Phi) is 5.85. The molecule has 4 unspecified atom stereocenters. The summed E-state index contributed by atoms with van der Waals surface area (Å²) < 4.78 is 0. The molecule has 0 spiro atoms. The Labute approximate surface area is 122 Å². The lowest BCUT2D eigenvalue weighted by atomic mass is 9.78. The third-order valence-corrected chi connectivity index (χ3v) is 5.33. The molecule has 2 N–H and O–H groups in total. The fourth-order valence-corrected chi connectivity index (χ4v) is 3.72. The van der Waals surface area contributed by atoms with Gasteiger partial charge in [-0.2, -0.15) is 0 Å². The molecule has 2 fully saturated rings. The summed E-state index contributed by atoms with van der Waals surface area (Å²) in [5.41, 5.74) is 0. The van der Waals surface area contributed by atoms with Crippen LogP contribution in [0, 0.1) is 17.8 Å². The number of amides is 1. The third kappa shape index (κ3) is 4.19. The zero-order valence-electron chi connectivity index (χ0n) is 13.0. The molecule has 116 valence electrons. The maximum atomic E-state index is 12.2. The summed E-state index contributed by atoms with van der Waals surface area (Å²) in [4.78, 5) is 14.4. The minimum atomic E-state index is 0.181. The summed E-state index contributed by atoms with van der Waals surface area (Å²) in [5, 5.41) is 12.2. The van der Waals surface area contributed by atoms with Crippen LogP contribution in [0.4, 0.5) is 0 Å². The predicted molar refractivity (Wildman–Crippen MR) is 80.4 cm³/mol. The van der Waals surface area contributed by atoms with Gasteiger partial charge in [-0.15, -0.1) is 0 Å². The Morgan fingerprint density at radius 2 is 2.10 bits per heavy atom. The predicted octanol–water partition coefficient (Wildman–Crippen LogP) is 1.63. The van der Waals surface area contributed by atoms with Gasteiger partial charge in [-0.3, -0.25) is 9.69 Å². The fourth-order valence-electron chi connectivity index (χ4n) is 3.72. The summed E-state index contributed by atoms with van der Waals surface area (Å²) >= 11 is 0. The SMILES string of the molecule is CC1CCCC(NC(=O)CN2CCC(CCO)C2)C1C. The topological polar surface area (TPSA) is 52.6 Å². The molecule has 1 heterocycles. The van der Waals surface area contributed by atoms with Gasteiger partial charge in [0.15, 0.2) is 0 Å². The first-order valence-electron chi connectivity index (χ1n) is 8.22. The van der Waals surface area contributed by atoms with E-state index in [0.29, 0.717) is 24.4 Å². The number of hydrogen-bond acceptors (Lipinski definition) is 3. The highest BCUT2D eigenvalue weighted by Crippen LogP contribution is 2.29. The number of nitrogens with zero attached hydrogens (tertiary/aromatic N) is 1. The van der Waals surface area contributed by atoms with Gasteiger partial charge in [-0.25, -0.2) is 0 Å². The summed E-state index contributed by atoms with van der Waals surface area (Å²) in [6.45, 7) is 7.31. The molecule has 2 aliphatic rings. The van der Waals surface area contributed by atoms with E-state index < -0.39 is 0 Å². The molecular formula is C16H30N2O2. The molecule has 1 amide bonds. The Hall–Kier alpha value is -0.610. The van der Waals surface area contributed by atoms with E-state index in [9.17, 15) is 4.79 Å². The normalized spacial score (nSPS) is 35.1. The van der Waals surface area contributed by atoms with Gasteiger partial charge in [0, 0.05) is 19.2 Å². The number of carbonyl (C=O) groups is 1. The van der Waals surface area contributed by atoms with E-state index in [2.05, 4.69) is 24.1 Å². The van der Waals surface area contributed by atoms with Crippen LogP contribution in [0.15, 0.2) is 0 Å².